The van der Waals surface area contributed by atoms with Gasteiger partial charge in [-0.15, -0.1) is 0 Å². The summed E-state index contributed by atoms with van der Waals surface area (Å²) in [6, 6.07) is 7.98. The molecule has 0 saturated carbocycles. The van der Waals surface area contributed by atoms with Gasteiger partial charge in [-0.05, 0) is 53.5 Å². The van der Waals surface area contributed by atoms with E-state index >= 15 is 0 Å². The Morgan fingerprint density at radius 2 is 2.06 bits per heavy atom. The Hall–Kier alpha value is -1.42. The first-order valence-electron chi connectivity index (χ1n) is 5.44. The van der Waals surface area contributed by atoms with Crippen LogP contribution < -0.4 is 5.32 Å². The molecule has 0 aliphatic carbocycles. The number of halogens is 1. The van der Waals surface area contributed by atoms with Crippen molar-refractivity contribution in [3.05, 3.63) is 51.9 Å². The third kappa shape index (κ3) is 3.03. The maximum Gasteiger partial charge on any atom is 0.140 e. The number of nitrogens with one attached hydrogen (secondary N) is 1. The SMILES string of the molecule is Cc1cccc(CNc2nccc(C)c2Br)n1. The zero-order valence-corrected chi connectivity index (χ0v) is 11.5. The maximum atomic E-state index is 4.43. The lowest BCUT2D eigenvalue weighted by molar-refractivity contribution is 1.000. The fraction of sp³-hybridized carbons (Fsp3) is 0.231. The van der Waals surface area contributed by atoms with Crippen molar-refractivity contribution in [1.82, 2.24) is 9.97 Å². The number of hydrogen-bond acceptors (Lipinski definition) is 3. The minimum atomic E-state index is 0.677. The van der Waals surface area contributed by atoms with Crippen LogP contribution in [0.3, 0.4) is 0 Å². The fourth-order valence-electron chi connectivity index (χ4n) is 1.54. The first kappa shape index (κ1) is 12.0. The van der Waals surface area contributed by atoms with Crippen LogP contribution in [0.25, 0.3) is 0 Å². The summed E-state index contributed by atoms with van der Waals surface area (Å²) in [4.78, 5) is 8.73. The Morgan fingerprint density at radius 3 is 2.82 bits per heavy atom. The second-order valence-electron chi connectivity index (χ2n) is 3.91. The summed E-state index contributed by atoms with van der Waals surface area (Å²) in [7, 11) is 0. The molecule has 0 aliphatic rings. The molecule has 2 aromatic heterocycles. The molecule has 88 valence electrons. The van der Waals surface area contributed by atoms with Gasteiger partial charge >= 0.3 is 0 Å². The van der Waals surface area contributed by atoms with Crippen molar-refractivity contribution in [3.63, 3.8) is 0 Å². The molecule has 2 heterocycles. The molecule has 0 saturated heterocycles. The van der Waals surface area contributed by atoms with Gasteiger partial charge in [0.15, 0.2) is 0 Å². The molecule has 0 unspecified atom stereocenters. The van der Waals surface area contributed by atoms with Crippen molar-refractivity contribution in [1.29, 1.82) is 0 Å². The largest absolute Gasteiger partial charge is 0.363 e. The molecule has 0 bridgehead atoms. The highest BCUT2D eigenvalue weighted by Gasteiger charge is 2.03. The molecule has 1 N–H and O–H groups in total. The molecule has 4 heteroatoms. The highest BCUT2D eigenvalue weighted by molar-refractivity contribution is 9.10. The van der Waals surface area contributed by atoms with Crippen LogP contribution in [0.5, 0.6) is 0 Å². The Balaban J connectivity index is 2.10. The molecule has 0 atom stereocenters. The summed E-state index contributed by atoms with van der Waals surface area (Å²) >= 11 is 3.52. The lowest BCUT2D eigenvalue weighted by atomic mass is 10.3. The van der Waals surface area contributed by atoms with Crippen molar-refractivity contribution in [2.75, 3.05) is 5.32 Å². The van der Waals surface area contributed by atoms with Gasteiger partial charge in [-0.1, -0.05) is 6.07 Å². The number of nitrogens with zero attached hydrogens (tertiary/aromatic N) is 2. The smallest absolute Gasteiger partial charge is 0.140 e. The van der Waals surface area contributed by atoms with Crippen molar-refractivity contribution in [2.45, 2.75) is 20.4 Å². The van der Waals surface area contributed by atoms with Crippen molar-refractivity contribution in [2.24, 2.45) is 0 Å². The molecule has 0 aromatic carbocycles. The number of anilines is 1. The van der Waals surface area contributed by atoms with Gasteiger partial charge < -0.3 is 5.32 Å². The van der Waals surface area contributed by atoms with Gasteiger partial charge in [-0.3, -0.25) is 4.98 Å². The van der Waals surface area contributed by atoms with Crippen LogP contribution >= 0.6 is 15.9 Å². The zero-order valence-electron chi connectivity index (χ0n) is 9.87. The van der Waals surface area contributed by atoms with Gasteiger partial charge in [-0.25, -0.2) is 4.98 Å². The molecule has 0 aliphatic heterocycles. The van der Waals surface area contributed by atoms with E-state index in [1.807, 2.05) is 38.1 Å². The highest BCUT2D eigenvalue weighted by Crippen LogP contribution is 2.23. The van der Waals surface area contributed by atoms with Gasteiger partial charge in [0.2, 0.25) is 0 Å². The first-order valence-corrected chi connectivity index (χ1v) is 6.23. The molecule has 0 amide bonds. The van der Waals surface area contributed by atoms with Crippen LogP contribution in [0, 0.1) is 13.8 Å². The number of rotatable bonds is 3. The molecule has 0 spiro atoms. The molecule has 2 rings (SSSR count). The Morgan fingerprint density at radius 1 is 1.24 bits per heavy atom. The van der Waals surface area contributed by atoms with Crippen LogP contribution in [0.15, 0.2) is 34.9 Å². The number of pyridine rings is 2. The van der Waals surface area contributed by atoms with E-state index in [1.54, 1.807) is 6.20 Å². The van der Waals surface area contributed by atoms with Crippen molar-refractivity contribution >= 4 is 21.7 Å². The van der Waals surface area contributed by atoms with E-state index in [4.69, 9.17) is 0 Å². The first-order chi connectivity index (χ1) is 8.16. The number of aryl methyl sites for hydroxylation is 2. The van der Waals surface area contributed by atoms with E-state index < -0.39 is 0 Å². The van der Waals surface area contributed by atoms with Gasteiger partial charge in [-0.2, -0.15) is 0 Å². The van der Waals surface area contributed by atoms with Crippen molar-refractivity contribution < 1.29 is 0 Å². The van der Waals surface area contributed by atoms with E-state index in [9.17, 15) is 0 Å². The summed E-state index contributed by atoms with van der Waals surface area (Å²) in [6.45, 7) is 4.71. The molecular weight excluding hydrogens is 278 g/mol. The molecule has 17 heavy (non-hydrogen) atoms. The molecule has 0 fully saturated rings. The van der Waals surface area contributed by atoms with E-state index in [-0.39, 0.29) is 0 Å². The summed E-state index contributed by atoms with van der Waals surface area (Å²) < 4.78 is 1.01. The average Bonchev–Trinajstić information content (AvgIpc) is 2.31. The molecule has 3 nitrogen and oxygen atoms in total. The van der Waals surface area contributed by atoms with Crippen LogP contribution in [0.1, 0.15) is 17.0 Å². The fourth-order valence-corrected chi connectivity index (χ4v) is 1.91. The topological polar surface area (TPSA) is 37.8 Å². The normalized spacial score (nSPS) is 10.3. The van der Waals surface area contributed by atoms with Crippen LogP contribution in [-0.2, 0) is 6.54 Å². The van der Waals surface area contributed by atoms with E-state index in [0.29, 0.717) is 6.54 Å². The summed E-state index contributed by atoms with van der Waals surface area (Å²) in [5, 5.41) is 3.28. The average molecular weight is 292 g/mol. The third-order valence-electron chi connectivity index (χ3n) is 2.47. The standard InChI is InChI=1S/C13H14BrN3/c1-9-6-7-15-13(12(9)14)16-8-11-5-3-4-10(2)17-11/h3-7H,8H2,1-2H3,(H,15,16). The second-order valence-corrected chi connectivity index (χ2v) is 4.71. The highest BCUT2D eigenvalue weighted by atomic mass is 79.9. The minimum absolute atomic E-state index is 0.677. The third-order valence-corrected chi connectivity index (χ3v) is 3.47. The Labute approximate surface area is 109 Å². The maximum absolute atomic E-state index is 4.43. The van der Waals surface area contributed by atoms with Gasteiger partial charge in [0, 0.05) is 11.9 Å². The predicted molar refractivity (Wildman–Crippen MR) is 73.0 cm³/mol. The van der Waals surface area contributed by atoms with Crippen LogP contribution in [0.2, 0.25) is 0 Å². The van der Waals surface area contributed by atoms with Gasteiger partial charge in [0.25, 0.3) is 0 Å². The number of aromatic nitrogens is 2. The molecule has 2 aromatic rings. The van der Waals surface area contributed by atoms with Crippen LogP contribution in [-0.4, -0.2) is 9.97 Å². The zero-order chi connectivity index (χ0) is 12.3. The summed E-state index contributed by atoms with van der Waals surface area (Å²) in [6.07, 6.45) is 1.80. The van der Waals surface area contributed by atoms with Crippen LogP contribution in [0.4, 0.5) is 5.82 Å². The van der Waals surface area contributed by atoms with Crippen molar-refractivity contribution in [3.8, 4) is 0 Å². The number of hydrogen-bond donors (Lipinski definition) is 1. The lowest BCUT2D eigenvalue weighted by Gasteiger charge is -2.08. The van der Waals surface area contributed by atoms with Gasteiger partial charge in [0.1, 0.15) is 5.82 Å². The molecule has 0 radical (unpaired) electrons. The van der Waals surface area contributed by atoms with E-state index in [0.717, 1.165) is 21.7 Å². The summed E-state index contributed by atoms with van der Waals surface area (Å²) in [5.74, 6) is 0.855. The lowest BCUT2D eigenvalue weighted by Crippen LogP contribution is -2.04. The predicted octanol–water partition coefficient (Wildman–Crippen LogP) is 3.47. The van der Waals surface area contributed by atoms with E-state index in [2.05, 4.69) is 31.2 Å². The molecular formula is C13H14BrN3. The van der Waals surface area contributed by atoms with Gasteiger partial charge in [0.05, 0.1) is 16.7 Å². The Kier molecular flexibility index (Phi) is 3.74. The quantitative estimate of drug-likeness (QED) is 0.941. The Bertz CT molecular complexity index is 526. The monoisotopic (exact) mass is 291 g/mol. The summed E-state index contributed by atoms with van der Waals surface area (Å²) in [5.41, 5.74) is 3.21. The minimum Gasteiger partial charge on any atom is -0.363 e. The van der Waals surface area contributed by atoms with E-state index in [1.165, 1.54) is 5.56 Å². The second kappa shape index (κ2) is 5.27.